The molecule has 4 nitrogen and oxygen atoms in total. The van der Waals surface area contributed by atoms with Gasteiger partial charge in [0.15, 0.2) is 11.5 Å². The van der Waals surface area contributed by atoms with Crippen LogP contribution >= 0.6 is 0 Å². The molecule has 0 amide bonds. The molecule has 26 heavy (non-hydrogen) atoms. The van der Waals surface area contributed by atoms with E-state index in [4.69, 9.17) is 18.9 Å². The summed E-state index contributed by atoms with van der Waals surface area (Å²) < 4.78 is 22.3. The molecular formula is C22H32O4. The number of aryl methyl sites for hydroxylation is 1. The van der Waals surface area contributed by atoms with Gasteiger partial charge < -0.3 is 18.9 Å². The first-order valence-electron chi connectivity index (χ1n) is 9.20. The summed E-state index contributed by atoms with van der Waals surface area (Å²) in [6.07, 6.45) is 0.886. The molecule has 0 unspecified atom stereocenters. The molecule has 0 aliphatic carbocycles. The lowest BCUT2D eigenvalue weighted by molar-refractivity contribution is 0.116. The van der Waals surface area contributed by atoms with E-state index in [0.29, 0.717) is 11.7 Å². The van der Waals surface area contributed by atoms with Crippen LogP contribution in [0, 0.1) is 0 Å². The third kappa shape index (κ3) is 5.58. The van der Waals surface area contributed by atoms with Crippen LogP contribution in [0.2, 0.25) is 0 Å². The second kappa shape index (κ2) is 11.3. The average Bonchev–Trinajstić information content (AvgIpc) is 2.69. The third-order valence-corrected chi connectivity index (χ3v) is 3.91. The molecule has 0 fully saturated rings. The topological polar surface area (TPSA) is 36.9 Å². The highest BCUT2D eigenvalue weighted by Gasteiger charge is 2.11. The second-order valence-corrected chi connectivity index (χ2v) is 5.77. The highest BCUT2D eigenvalue weighted by molar-refractivity contribution is 5.46. The van der Waals surface area contributed by atoms with Gasteiger partial charge in [0.1, 0.15) is 11.5 Å². The van der Waals surface area contributed by atoms with E-state index in [0.717, 1.165) is 34.8 Å². The maximum atomic E-state index is 5.75. The van der Waals surface area contributed by atoms with Crippen molar-refractivity contribution in [1.29, 1.82) is 0 Å². The maximum absolute atomic E-state index is 5.75. The van der Waals surface area contributed by atoms with Crippen LogP contribution in [0.5, 0.6) is 23.0 Å². The first kappa shape index (κ1) is 21.7. The van der Waals surface area contributed by atoms with Crippen molar-refractivity contribution in [1.82, 2.24) is 0 Å². The van der Waals surface area contributed by atoms with Crippen LogP contribution < -0.4 is 18.9 Å². The van der Waals surface area contributed by atoms with Crippen LogP contribution in [0.15, 0.2) is 36.4 Å². The van der Waals surface area contributed by atoms with E-state index in [1.54, 1.807) is 14.2 Å². The van der Waals surface area contributed by atoms with E-state index in [9.17, 15) is 0 Å². The third-order valence-electron chi connectivity index (χ3n) is 3.91. The Morgan fingerprint density at radius 1 is 0.885 bits per heavy atom. The molecule has 0 spiro atoms. The predicted molar refractivity (Wildman–Crippen MR) is 107 cm³/mol. The fourth-order valence-electron chi connectivity index (χ4n) is 2.60. The van der Waals surface area contributed by atoms with Gasteiger partial charge in [-0.05, 0) is 42.2 Å². The molecule has 144 valence electrons. The van der Waals surface area contributed by atoms with Gasteiger partial charge in [0.05, 0.1) is 14.2 Å². The number of benzene rings is 2. The van der Waals surface area contributed by atoms with E-state index in [2.05, 4.69) is 20.8 Å². The molecule has 2 rings (SSSR count). The fraction of sp³-hybridized carbons (Fsp3) is 0.455. The molecule has 0 bridgehead atoms. The van der Waals surface area contributed by atoms with Crippen molar-refractivity contribution in [2.24, 2.45) is 0 Å². The molecule has 0 aliphatic heterocycles. The van der Waals surface area contributed by atoms with Crippen molar-refractivity contribution < 1.29 is 18.9 Å². The van der Waals surface area contributed by atoms with Gasteiger partial charge >= 0.3 is 0 Å². The standard InChI is InChI=1S/C20H26O4.C2H6/c1-6-15-8-7-9-19(20(15)22-5)24-13-23-16-10-11-18(21-4)17(12-16)14(2)3;1-2/h7-12,14H,6,13H2,1-5H3;1-2H3. The molecule has 0 heterocycles. The summed E-state index contributed by atoms with van der Waals surface area (Å²) in [7, 11) is 3.33. The van der Waals surface area contributed by atoms with E-state index >= 15 is 0 Å². The van der Waals surface area contributed by atoms with Gasteiger partial charge in [-0.2, -0.15) is 0 Å². The van der Waals surface area contributed by atoms with Crippen molar-refractivity contribution in [2.75, 3.05) is 21.0 Å². The number of methoxy groups -OCH3 is 2. The van der Waals surface area contributed by atoms with Gasteiger partial charge in [-0.25, -0.2) is 0 Å². The summed E-state index contributed by atoms with van der Waals surface area (Å²) in [6, 6.07) is 11.7. The Morgan fingerprint density at radius 2 is 1.62 bits per heavy atom. The molecule has 0 aromatic heterocycles. The molecule has 0 saturated heterocycles. The largest absolute Gasteiger partial charge is 0.496 e. The zero-order chi connectivity index (χ0) is 19.5. The molecule has 0 radical (unpaired) electrons. The molecule has 0 aliphatic rings. The number of hydrogen-bond donors (Lipinski definition) is 0. The quantitative estimate of drug-likeness (QED) is 0.555. The first-order chi connectivity index (χ1) is 12.6. The number of rotatable bonds is 8. The average molecular weight is 360 g/mol. The lowest BCUT2D eigenvalue weighted by Gasteiger charge is -2.16. The SMILES string of the molecule is CC.CCc1cccc(OCOc2ccc(OC)c(C(C)C)c2)c1OC. The smallest absolute Gasteiger partial charge is 0.231 e. The Labute approximate surface area is 158 Å². The van der Waals surface area contributed by atoms with Crippen molar-refractivity contribution in [2.45, 2.75) is 47.0 Å². The van der Waals surface area contributed by atoms with Gasteiger partial charge in [0, 0.05) is 5.56 Å². The molecule has 0 N–H and O–H groups in total. The number of para-hydroxylation sites is 1. The first-order valence-corrected chi connectivity index (χ1v) is 9.20. The summed E-state index contributed by atoms with van der Waals surface area (Å²) in [4.78, 5) is 0. The highest BCUT2D eigenvalue weighted by Crippen LogP contribution is 2.32. The highest BCUT2D eigenvalue weighted by atomic mass is 16.7. The number of ether oxygens (including phenoxy) is 4. The summed E-state index contributed by atoms with van der Waals surface area (Å²) in [5.74, 6) is 3.43. The Hall–Kier alpha value is -2.36. The lowest BCUT2D eigenvalue weighted by Crippen LogP contribution is -2.07. The van der Waals surface area contributed by atoms with E-state index in [-0.39, 0.29) is 6.79 Å². The minimum absolute atomic E-state index is 0.118. The Morgan fingerprint density at radius 3 is 2.19 bits per heavy atom. The van der Waals surface area contributed by atoms with Gasteiger partial charge in [0.25, 0.3) is 0 Å². The van der Waals surface area contributed by atoms with Crippen molar-refractivity contribution in [3.8, 4) is 23.0 Å². The van der Waals surface area contributed by atoms with Crippen LogP contribution in [-0.4, -0.2) is 21.0 Å². The zero-order valence-electron chi connectivity index (χ0n) is 17.1. The molecule has 0 saturated carbocycles. The Balaban J connectivity index is 0.00000163. The normalized spacial score (nSPS) is 10.0. The van der Waals surface area contributed by atoms with Crippen LogP contribution in [0.1, 0.15) is 51.7 Å². The fourth-order valence-corrected chi connectivity index (χ4v) is 2.60. The van der Waals surface area contributed by atoms with E-state index in [1.165, 1.54) is 0 Å². The number of hydrogen-bond acceptors (Lipinski definition) is 4. The summed E-state index contributed by atoms with van der Waals surface area (Å²) in [5.41, 5.74) is 2.22. The van der Waals surface area contributed by atoms with Crippen molar-refractivity contribution in [3.63, 3.8) is 0 Å². The summed E-state index contributed by atoms with van der Waals surface area (Å²) in [6.45, 7) is 10.5. The predicted octanol–water partition coefficient (Wildman–Crippen LogP) is 5.83. The molecule has 2 aromatic rings. The van der Waals surface area contributed by atoms with Gasteiger partial charge in [-0.15, -0.1) is 0 Å². The molecule has 4 heteroatoms. The van der Waals surface area contributed by atoms with E-state index in [1.807, 2.05) is 50.2 Å². The van der Waals surface area contributed by atoms with Gasteiger partial charge in [0.2, 0.25) is 6.79 Å². The summed E-state index contributed by atoms with van der Waals surface area (Å²) >= 11 is 0. The Kier molecular flexibility index (Phi) is 9.42. The monoisotopic (exact) mass is 360 g/mol. The lowest BCUT2D eigenvalue weighted by atomic mass is 10.0. The van der Waals surface area contributed by atoms with Crippen molar-refractivity contribution >= 4 is 0 Å². The van der Waals surface area contributed by atoms with Crippen LogP contribution in [0.25, 0.3) is 0 Å². The summed E-state index contributed by atoms with van der Waals surface area (Å²) in [5, 5.41) is 0. The van der Waals surface area contributed by atoms with E-state index < -0.39 is 0 Å². The van der Waals surface area contributed by atoms with Gasteiger partial charge in [-0.1, -0.05) is 46.8 Å². The van der Waals surface area contributed by atoms with Crippen LogP contribution in [-0.2, 0) is 6.42 Å². The second-order valence-electron chi connectivity index (χ2n) is 5.77. The minimum atomic E-state index is 0.118. The zero-order valence-corrected chi connectivity index (χ0v) is 17.1. The Bertz CT molecular complexity index is 665. The maximum Gasteiger partial charge on any atom is 0.231 e. The van der Waals surface area contributed by atoms with Crippen LogP contribution in [0.4, 0.5) is 0 Å². The molecule has 2 aromatic carbocycles. The minimum Gasteiger partial charge on any atom is -0.496 e. The van der Waals surface area contributed by atoms with Crippen LogP contribution in [0.3, 0.4) is 0 Å². The van der Waals surface area contributed by atoms with Gasteiger partial charge in [-0.3, -0.25) is 0 Å². The molecular weight excluding hydrogens is 328 g/mol. The molecule has 0 atom stereocenters. The van der Waals surface area contributed by atoms with Crippen molar-refractivity contribution in [3.05, 3.63) is 47.5 Å².